The van der Waals surface area contributed by atoms with Gasteiger partial charge in [-0.1, -0.05) is 19.1 Å². The number of carbonyl (C=O) groups is 1. The highest BCUT2D eigenvalue weighted by Gasteiger charge is 2.14. The quantitative estimate of drug-likeness (QED) is 0.837. The lowest BCUT2D eigenvalue weighted by molar-refractivity contribution is -0.119. The maximum Gasteiger partial charge on any atom is 0.227 e. The maximum absolute atomic E-state index is 12.1. The molecule has 0 aliphatic carbocycles. The van der Waals surface area contributed by atoms with Crippen molar-refractivity contribution < 1.29 is 9.53 Å². The molecule has 18 heavy (non-hydrogen) atoms. The van der Waals surface area contributed by atoms with E-state index in [2.05, 4.69) is 0 Å². The van der Waals surface area contributed by atoms with Crippen LogP contribution in [0.1, 0.15) is 18.9 Å². The van der Waals surface area contributed by atoms with Gasteiger partial charge in [-0.2, -0.15) is 0 Å². The Labute approximate surface area is 109 Å². The third-order valence-corrected chi connectivity index (χ3v) is 2.88. The highest BCUT2D eigenvalue weighted by Crippen LogP contribution is 2.17. The number of rotatable bonds is 6. The molecule has 0 aromatic heterocycles. The number of hydrogen-bond donors (Lipinski definition) is 1. The Bertz CT molecular complexity index is 393. The van der Waals surface area contributed by atoms with Gasteiger partial charge < -0.3 is 15.4 Å². The Kier molecular flexibility index (Phi) is 5.82. The van der Waals surface area contributed by atoms with Gasteiger partial charge in [-0.15, -0.1) is 0 Å². The van der Waals surface area contributed by atoms with Crippen molar-refractivity contribution in [2.24, 2.45) is 11.7 Å². The van der Waals surface area contributed by atoms with Crippen molar-refractivity contribution >= 4 is 11.6 Å². The van der Waals surface area contributed by atoms with E-state index in [1.165, 1.54) is 0 Å². The minimum Gasteiger partial charge on any atom is -0.384 e. The van der Waals surface area contributed by atoms with Gasteiger partial charge in [0.15, 0.2) is 0 Å². The van der Waals surface area contributed by atoms with E-state index in [0.29, 0.717) is 19.6 Å². The largest absolute Gasteiger partial charge is 0.384 e. The molecule has 2 N–H and O–H groups in total. The van der Waals surface area contributed by atoms with Gasteiger partial charge in [0.25, 0.3) is 0 Å². The summed E-state index contributed by atoms with van der Waals surface area (Å²) < 4.78 is 5.04. The predicted molar refractivity (Wildman–Crippen MR) is 73.4 cm³/mol. The summed E-state index contributed by atoms with van der Waals surface area (Å²) >= 11 is 0. The molecule has 1 aromatic carbocycles. The summed E-state index contributed by atoms with van der Waals surface area (Å²) in [5.74, 6) is 0.316. The van der Waals surface area contributed by atoms with Gasteiger partial charge in [0, 0.05) is 39.4 Å². The summed E-state index contributed by atoms with van der Waals surface area (Å²) in [6, 6.07) is 7.73. The van der Waals surface area contributed by atoms with Crippen LogP contribution in [0.4, 0.5) is 5.69 Å². The van der Waals surface area contributed by atoms with Crippen LogP contribution in [0.25, 0.3) is 0 Å². The number of amides is 1. The lowest BCUT2D eigenvalue weighted by atomic mass is 10.1. The van der Waals surface area contributed by atoms with E-state index in [0.717, 1.165) is 11.3 Å². The minimum absolute atomic E-state index is 0.0914. The second kappa shape index (κ2) is 7.13. The fourth-order valence-electron chi connectivity index (χ4n) is 1.81. The van der Waals surface area contributed by atoms with E-state index < -0.39 is 0 Å². The molecule has 1 unspecified atom stereocenters. The first-order valence-electron chi connectivity index (χ1n) is 6.13. The monoisotopic (exact) mass is 250 g/mol. The number of carbonyl (C=O) groups excluding carboxylic acids is 1. The highest BCUT2D eigenvalue weighted by molar-refractivity contribution is 5.92. The number of ether oxygens (including phenoxy) is 1. The molecule has 1 rings (SSSR count). The van der Waals surface area contributed by atoms with Gasteiger partial charge in [0.05, 0.1) is 0 Å². The van der Waals surface area contributed by atoms with Crippen LogP contribution in [0.2, 0.25) is 0 Å². The number of nitrogens with zero attached hydrogens (tertiary/aromatic N) is 1. The zero-order chi connectivity index (χ0) is 13.5. The molecule has 100 valence electrons. The van der Waals surface area contributed by atoms with Crippen molar-refractivity contribution in [2.45, 2.75) is 19.9 Å². The molecule has 1 amide bonds. The fraction of sp³-hybridized carbons (Fsp3) is 0.500. The first-order valence-corrected chi connectivity index (χ1v) is 6.13. The van der Waals surface area contributed by atoms with Crippen LogP contribution in [-0.2, 0) is 16.1 Å². The Morgan fingerprint density at radius 2 is 2.22 bits per heavy atom. The molecule has 0 bridgehead atoms. The Balaban J connectivity index is 2.67. The van der Waals surface area contributed by atoms with E-state index in [9.17, 15) is 4.79 Å². The smallest absolute Gasteiger partial charge is 0.227 e. The summed E-state index contributed by atoms with van der Waals surface area (Å²) in [7, 11) is 3.44. The predicted octanol–water partition coefficient (Wildman–Crippen LogP) is 1.78. The van der Waals surface area contributed by atoms with Gasteiger partial charge in [-0.05, 0) is 23.6 Å². The summed E-state index contributed by atoms with van der Waals surface area (Å²) in [4.78, 5) is 13.7. The van der Waals surface area contributed by atoms with E-state index in [1.54, 1.807) is 19.1 Å². The molecule has 0 aliphatic rings. The van der Waals surface area contributed by atoms with Crippen molar-refractivity contribution in [1.29, 1.82) is 0 Å². The Hall–Kier alpha value is -1.39. The first-order chi connectivity index (χ1) is 8.58. The molecular weight excluding hydrogens is 228 g/mol. The molecule has 0 aliphatic heterocycles. The lowest BCUT2D eigenvalue weighted by Gasteiger charge is -2.20. The van der Waals surface area contributed by atoms with Crippen LogP contribution in [0.15, 0.2) is 24.3 Å². The zero-order valence-corrected chi connectivity index (χ0v) is 11.3. The molecule has 0 radical (unpaired) electrons. The fourth-order valence-corrected chi connectivity index (χ4v) is 1.81. The molecule has 4 heteroatoms. The zero-order valence-electron chi connectivity index (χ0n) is 11.3. The van der Waals surface area contributed by atoms with E-state index >= 15 is 0 Å². The summed E-state index contributed by atoms with van der Waals surface area (Å²) in [5, 5.41) is 0. The van der Waals surface area contributed by atoms with Crippen molar-refractivity contribution in [3.63, 3.8) is 0 Å². The van der Waals surface area contributed by atoms with E-state index in [1.807, 2.05) is 31.2 Å². The number of benzene rings is 1. The molecule has 0 saturated heterocycles. The number of anilines is 1. The molecule has 1 aromatic rings. The van der Waals surface area contributed by atoms with Gasteiger partial charge in [-0.25, -0.2) is 0 Å². The number of methoxy groups -OCH3 is 1. The molecule has 1 atom stereocenters. The maximum atomic E-state index is 12.1. The van der Waals surface area contributed by atoms with Gasteiger partial charge in [0.1, 0.15) is 0 Å². The topological polar surface area (TPSA) is 55.6 Å². The summed E-state index contributed by atoms with van der Waals surface area (Å²) in [5.41, 5.74) is 7.50. The third-order valence-electron chi connectivity index (χ3n) is 2.88. The van der Waals surface area contributed by atoms with Crippen LogP contribution in [0.5, 0.6) is 0 Å². The van der Waals surface area contributed by atoms with Crippen molar-refractivity contribution in [3.8, 4) is 0 Å². The van der Waals surface area contributed by atoms with Gasteiger partial charge in [-0.3, -0.25) is 4.79 Å². The van der Waals surface area contributed by atoms with Gasteiger partial charge in [0.2, 0.25) is 5.91 Å². The van der Waals surface area contributed by atoms with Crippen LogP contribution >= 0.6 is 0 Å². The van der Waals surface area contributed by atoms with Crippen LogP contribution in [0.3, 0.4) is 0 Å². The normalized spacial score (nSPS) is 12.2. The first kappa shape index (κ1) is 14.7. The number of nitrogens with two attached hydrogens (primary N) is 1. The van der Waals surface area contributed by atoms with Crippen molar-refractivity contribution in [1.82, 2.24) is 0 Å². The molecule has 0 saturated carbocycles. The molecule has 4 nitrogen and oxygen atoms in total. The Morgan fingerprint density at radius 1 is 1.50 bits per heavy atom. The molecule has 0 spiro atoms. The number of hydrogen-bond acceptors (Lipinski definition) is 3. The molecule has 0 heterocycles. The van der Waals surface area contributed by atoms with Crippen molar-refractivity contribution in [2.75, 3.05) is 25.7 Å². The van der Waals surface area contributed by atoms with E-state index in [-0.39, 0.29) is 11.8 Å². The van der Waals surface area contributed by atoms with Crippen LogP contribution < -0.4 is 10.6 Å². The Morgan fingerprint density at radius 3 is 2.83 bits per heavy atom. The molecule has 0 fully saturated rings. The summed E-state index contributed by atoms with van der Waals surface area (Å²) in [6.07, 6.45) is 0.483. The summed E-state index contributed by atoms with van der Waals surface area (Å²) in [6.45, 7) is 3.09. The van der Waals surface area contributed by atoms with Crippen LogP contribution in [-0.4, -0.2) is 26.7 Å². The standard InChI is InChI=1S/C14H22N2O2/c1-11(10-18-3)7-14(17)16(2)13-6-4-5-12(8-13)9-15/h4-6,8,11H,7,9-10,15H2,1-3H3. The van der Waals surface area contributed by atoms with Gasteiger partial charge >= 0.3 is 0 Å². The molecular formula is C14H22N2O2. The highest BCUT2D eigenvalue weighted by atomic mass is 16.5. The van der Waals surface area contributed by atoms with Crippen LogP contribution in [0, 0.1) is 5.92 Å². The second-order valence-electron chi connectivity index (χ2n) is 4.59. The minimum atomic E-state index is 0.0914. The average Bonchev–Trinajstić information content (AvgIpc) is 2.38. The lowest BCUT2D eigenvalue weighted by Crippen LogP contribution is -2.28. The average molecular weight is 250 g/mol. The van der Waals surface area contributed by atoms with E-state index in [4.69, 9.17) is 10.5 Å². The van der Waals surface area contributed by atoms with Crippen molar-refractivity contribution in [3.05, 3.63) is 29.8 Å². The third kappa shape index (κ3) is 4.13. The SMILES string of the molecule is COCC(C)CC(=O)N(C)c1cccc(CN)c1. The second-order valence-corrected chi connectivity index (χ2v) is 4.59.